The highest BCUT2D eigenvalue weighted by atomic mass is 14.9. The number of hydrogen-bond donors (Lipinski definition) is 1. The van der Waals surface area contributed by atoms with E-state index in [0.29, 0.717) is 6.04 Å². The molecule has 0 spiro atoms. The molecule has 1 aliphatic carbocycles. The second-order valence-electron chi connectivity index (χ2n) is 4.85. The Labute approximate surface area is 99.3 Å². The molecule has 0 radical (unpaired) electrons. The van der Waals surface area contributed by atoms with Crippen molar-refractivity contribution in [1.29, 1.82) is 0 Å². The van der Waals surface area contributed by atoms with Gasteiger partial charge >= 0.3 is 0 Å². The topological polar surface area (TPSA) is 12.0 Å². The van der Waals surface area contributed by atoms with Gasteiger partial charge in [-0.25, -0.2) is 0 Å². The van der Waals surface area contributed by atoms with Gasteiger partial charge in [0.15, 0.2) is 0 Å². The van der Waals surface area contributed by atoms with E-state index in [1.807, 2.05) is 0 Å². The van der Waals surface area contributed by atoms with E-state index in [-0.39, 0.29) is 0 Å². The molecule has 1 nitrogen and oxygen atoms in total. The minimum absolute atomic E-state index is 0.653. The zero-order valence-corrected chi connectivity index (χ0v) is 10.4. The van der Waals surface area contributed by atoms with E-state index < -0.39 is 0 Å². The molecule has 2 atom stereocenters. The Morgan fingerprint density at radius 2 is 1.88 bits per heavy atom. The molecule has 0 aliphatic heterocycles. The van der Waals surface area contributed by atoms with Gasteiger partial charge < -0.3 is 5.32 Å². The van der Waals surface area contributed by atoms with Crippen LogP contribution in [0.25, 0.3) is 0 Å². The van der Waals surface area contributed by atoms with Crippen molar-refractivity contribution in [1.82, 2.24) is 5.32 Å². The van der Waals surface area contributed by atoms with Crippen LogP contribution in [0.4, 0.5) is 0 Å². The average molecular weight is 217 g/mol. The summed E-state index contributed by atoms with van der Waals surface area (Å²) in [5.41, 5.74) is 1.53. The number of rotatable bonds is 6. The number of nitrogens with one attached hydrogen (secondary N) is 1. The van der Waals surface area contributed by atoms with Crippen molar-refractivity contribution in [3.05, 3.63) is 35.9 Å². The van der Waals surface area contributed by atoms with Gasteiger partial charge in [-0.2, -0.15) is 0 Å². The molecule has 2 unspecified atom stereocenters. The van der Waals surface area contributed by atoms with Gasteiger partial charge in [0.05, 0.1) is 0 Å². The zero-order chi connectivity index (χ0) is 11.4. The SMILES string of the molecule is CCNC(CC)C(c1ccccc1)C1CC1. The lowest BCUT2D eigenvalue weighted by atomic mass is 9.86. The monoisotopic (exact) mass is 217 g/mol. The van der Waals surface area contributed by atoms with Crippen LogP contribution in [0.2, 0.25) is 0 Å². The summed E-state index contributed by atoms with van der Waals surface area (Å²) in [4.78, 5) is 0. The Kier molecular flexibility index (Phi) is 4.00. The zero-order valence-electron chi connectivity index (χ0n) is 10.4. The largest absolute Gasteiger partial charge is 0.314 e. The Morgan fingerprint density at radius 1 is 1.19 bits per heavy atom. The summed E-state index contributed by atoms with van der Waals surface area (Å²) in [5, 5.41) is 3.65. The first-order valence-electron chi connectivity index (χ1n) is 6.65. The number of likely N-dealkylation sites (N-methyl/N-ethyl adjacent to an activating group) is 1. The lowest BCUT2D eigenvalue weighted by Crippen LogP contribution is -2.35. The summed E-state index contributed by atoms with van der Waals surface area (Å²) in [6.07, 6.45) is 4.06. The predicted molar refractivity (Wildman–Crippen MR) is 69.7 cm³/mol. The second-order valence-corrected chi connectivity index (χ2v) is 4.85. The lowest BCUT2D eigenvalue weighted by molar-refractivity contribution is 0.397. The van der Waals surface area contributed by atoms with Crippen LogP contribution in [0.5, 0.6) is 0 Å². The molecule has 0 amide bonds. The molecule has 88 valence electrons. The minimum atomic E-state index is 0.653. The molecule has 1 fully saturated rings. The van der Waals surface area contributed by atoms with Gasteiger partial charge in [-0.05, 0) is 37.3 Å². The Morgan fingerprint density at radius 3 is 2.38 bits per heavy atom. The highest BCUT2D eigenvalue weighted by Crippen LogP contribution is 2.45. The molecule has 1 aliphatic rings. The fraction of sp³-hybridized carbons (Fsp3) is 0.600. The third kappa shape index (κ3) is 2.65. The first kappa shape index (κ1) is 11.7. The summed E-state index contributed by atoms with van der Waals surface area (Å²) in [6.45, 7) is 5.58. The van der Waals surface area contributed by atoms with Crippen LogP contribution in [-0.2, 0) is 0 Å². The quantitative estimate of drug-likeness (QED) is 0.768. The molecule has 1 N–H and O–H groups in total. The van der Waals surface area contributed by atoms with Gasteiger partial charge in [0.2, 0.25) is 0 Å². The van der Waals surface area contributed by atoms with Crippen LogP contribution < -0.4 is 5.32 Å². The smallest absolute Gasteiger partial charge is 0.0136 e. The third-order valence-corrected chi connectivity index (χ3v) is 3.65. The molecular weight excluding hydrogens is 194 g/mol. The van der Waals surface area contributed by atoms with Crippen molar-refractivity contribution in [2.75, 3.05) is 6.54 Å². The maximum atomic E-state index is 3.65. The van der Waals surface area contributed by atoms with Crippen LogP contribution in [-0.4, -0.2) is 12.6 Å². The molecule has 16 heavy (non-hydrogen) atoms. The van der Waals surface area contributed by atoms with Gasteiger partial charge in [0.1, 0.15) is 0 Å². The number of hydrogen-bond acceptors (Lipinski definition) is 1. The summed E-state index contributed by atoms with van der Waals surface area (Å²) in [7, 11) is 0. The summed E-state index contributed by atoms with van der Waals surface area (Å²) in [6, 6.07) is 11.7. The Hall–Kier alpha value is -0.820. The molecule has 0 bridgehead atoms. The molecule has 0 heterocycles. The van der Waals surface area contributed by atoms with Crippen molar-refractivity contribution in [3.63, 3.8) is 0 Å². The van der Waals surface area contributed by atoms with Gasteiger partial charge in [-0.3, -0.25) is 0 Å². The van der Waals surface area contributed by atoms with Crippen molar-refractivity contribution in [3.8, 4) is 0 Å². The van der Waals surface area contributed by atoms with E-state index in [0.717, 1.165) is 18.4 Å². The highest BCUT2D eigenvalue weighted by molar-refractivity contribution is 5.23. The highest BCUT2D eigenvalue weighted by Gasteiger charge is 2.36. The van der Waals surface area contributed by atoms with Crippen molar-refractivity contribution < 1.29 is 0 Å². The molecule has 0 saturated heterocycles. The third-order valence-electron chi connectivity index (χ3n) is 3.65. The molecule has 2 rings (SSSR count). The van der Waals surface area contributed by atoms with Gasteiger partial charge in [-0.15, -0.1) is 0 Å². The van der Waals surface area contributed by atoms with Crippen LogP contribution in [0.3, 0.4) is 0 Å². The minimum Gasteiger partial charge on any atom is -0.314 e. The first-order valence-corrected chi connectivity index (χ1v) is 6.65. The Bertz CT molecular complexity index is 302. The summed E-state index contributed by atoms with van der Waals surface area (Å²) in [5.74, 6) is 1.65. The average Bonchev–Trinajstić information content (AvgIpc) is 3.14. The van der Waals surface area contributed by atoms with Gasteiger partial charge in [-0.1, -0.05) is 44.2 Å². The summed E-state index contributed by atoms with van der Waals surface area (Å²) >= 11 is 0. The van der Waals surface area contributed by atoms with Crippen LogP contribution in [0, 0.1) is 5.92 Å². The van der Waals surface area contributed by atoms with Gasteiger partial charge in [0, 0.05) is 12.0 Å². The molecule has 0 aromatic heterocycles. The predicted octanol–water partition coefficient (Wildman–Crippen LogP) is 3.57. The standard InChI is InChI=1S/C15H23N/c1-3-14(16-4-2)15(13-10-11-13)12-8-6-5-7-9-12/h5-9,13-16H,3-4,10-11H2,1-2H3. The first-order chi connectivity index (χ1) is 7.86. The van der Waals surface area contributed by atoms with Crippen LogP contribution in [0.15, 0.2) is 30.3 Å². The van der Waals surface area contributed by atoms with E-state index in [9.17, 15) is 0 Å². The van der Waals surface area contributed by atoms with Crippen molar-refractivity contribution in [2.45, 2.75) is 45.1 Å². The van der Waals surface area contributed by atoms with Gasteiger partial charge in [0.25, 0.3) is 0 Å². The lowest BCUT2D eigenvalue weighted by Gasteiger charge is -2.27. The summed E-state index contributed by atoms with van der Waals surface area (Å²) < 4.78 is 0. The second kappa shape index (κ2) is 5.49. The fourth-order valence-corrected chi connectivity index (χ4v) is 2.75. The molecule has 1 aromatic rings. The van der Waals surface area contributed by atoms with E-state index in [1.54, 1.807) is 0 Å². The van der Waals surface area contributed by atoms with E-state index in [1.165, 1.54) is 24.8 Å². The van der Waals surface area contributed by atoms with Crippen molar-refractivity contribution >= 4 is 0 Å². The Balaban J connectivity index is 2.16. The normalized spacial score (nSPS) is 19.4. The van der Waals surface area contributed by atoms with E-state index in [2.05, 4.69) is 49.5 Å². The molecule has 1 heteroatoms. The van der Waals surface area contributed by atoms with Crippen LogP contribution >= 0.6 is 0 Å². The van der Waals surface area contributed by atoms with Crippen molar-refractivity contribution in [2.24, 2.45) is 5.92 Å². The fourth-order valence-electron chi connectivity index (χ4n) is 2.75. The van der Waals surface area contributed by atoms with Crippen LogP contribution in [0.1, 0.15) is 44.6 Å². The maximum absolute atomic E-state index is 3.65. The molecule has 1 saturated carbocycles. The number of benzene rings is 1. The van der Waals surface area contributed by atoms with E-state index in [4.69, 9.17) is 0 Å². The van der Waals surface area contributed by atoms with E-state index >= 15 is 0 Å². The maximum Gasteiger partial charge on any atom is 0.0136 e. The molecule has 1 aromatic carbocycles. The molecular formula is C15H23N.